The Morgan fingerprint density at radius 3 is 2.81 bits per heavy atom. The van der Waals surface area contributed by atoms with Gasteiger partial charge < -0.3 is 5.73 Å². The lowest BCUT2D eigenvalue weighted by molar-refractivity contribution is 0.681. The van der Waals surface area contributed by atoms with Crippen LogP contribution in [0.15, 0.2) is 35.1 Å². The quantitative estimate of drug-likeness (QED) is 0.877. The van der Waals surface area contributed by atoms with Crippen molar-refractivity contribution < 1.29 is 0 Å². The molecule has 0 amide bonds. The Morgan fingerprint density at radius 2 is 2.19 bits per heavy atom. The number of nitrogens with two attached hydrogens (primary N) is 1. The van der Waals surface area contributed by atoms with Crippen LogP contribution in [0.2, 0.25) is 0 Å². The van der Waals surface area contributed by atoms with E-state index >= 15 is 0 Å². The van der Waals surface area contributed by atoms with Gasteiger partial charge in [-0.05, 0) is 11.6 Å². The molecule has 0 saturated heterocycles. The number of benzene rings is 1. The molecule has 1 aromatic heterocycles. The number of aromatic nitrogens is 3. The molecule has 2 aromatic rings. The standard InChI is InChI=1S/C10H9BrN4S/c11-8-4-2-1-3-7(8)5-15-6-13-10(14-15)9(12)16/h1-4,6H,5H2,(H2,12,16). The Balaban J connectivity index is 2.21. The first kappa shape index (κ1) is 11.2. The predicted octanol–water partition coefficient (Wildman–Crippen LogP) is 1.72. The summed E-state index contributed by atoms with van der Waals surface area (Å²) in [5.74, 6) is 0.405. The van der Waals surface area contributed by atoms with Crippen LogP contribution in [0.5, 0.6) is 0 Å². The highest BCUT2D eigenvalue weighted by Crippen LogP contribution is 2.16. The van der Waals surface area contributed by atoms with Crippen LogP contribution in [0.1, 0.15) is 11.4 Å². The van der Waals surface area contributed by atoms with Crippen molar-refractivity contribution in [3.05, 3.63) is 46.5 Å². The van der Waals surface area contributed by atoms with Gasteiger partial charge in [0.15, 0.2) is 0 Å². The Labute approximate surface area is 107 Å². The van der Waals surface area contributed by atoms with E-state index in [1.54, 1.807) is 11.0 Å². The zero-order valence-electron chi connectivity index (χ0n) is 8.30. The van der Waals surface area contributed by atoms with Crippen LogP contribution in [-0.4, -0.2) is 19.8 Å². The molecule has 0 atom stereocenters. The lowest BCUT2D eigenvalue weighted by Crippen LogP contribution is -2.12. The van der Waals surface area contributed by atoms with Crippen LogP contribution in [0.3, 0.4) is 0 Å². The van der Waals surface area contributed by atoms with Gasteiger partial charge in [-0.2, -0.15) is 0 Å². The van der Waals surface area contributed by atoms with E-state index in [4.69, 9.17) is 18.0 Å². The normalized spacial score (nSPS) is 10.3. The minimum absolute atomic E-state index is 0.214. The summed E-state index contributed by atoms with van der Waals surface area (Å²) >= 11 is 8.27. The van der Waals surface area contributed by atoms with Crippen LogP contribution < -0.4 is 5.73 Å². The lowest BCUT2D eigenvalue weighted by Gasteiger charge is -2.03. The fourth-order valence-electron chi connectivity index (χ4n) is 1.28. The Bertz CT molecular complexity index is 523. The molecule has 0 aliphatic carbocycles. The van der Waals surface area contributed by atoms with Crippen molar-refractivity contribution in [3.8, 4) is 0 Å². The largest absolute Gasteiger partial charge is 0.387 e. The third kappa shape index (κ3) is 2.45. The van der Waals surface area contributed by atoms with E-state index in [0.717, 1.165) is 10.0 Å². The molecule has 82 valence electrons. The van der Waals surface area contributed by atoms with Gasteiger partial charge in [-0.25, -0.2) is 9.67 Å². The molecule has 4 nitrogen and oxygen atoms in total. The van der Waals surface area contributed by atoms with E-state index in [1.807, 2.05) is 24.3 Å². The smallest absolute Gasteiger partial charge is 0.208 e. The topological polar surface area (TPSA) is 56.7 Å². The Morgan fingerprint density at radius 1 is 1.44 bits per heavy atom. The third-order valence-electron chi connectivity index (χ3n) is 2.05. The summed E-state index contributed by atoms with van der Waals surface area (Å²) in [6.45, 7) is 0.636. The Hall–Kier alpha value is -1.27. The maximum absolute atomic E-state index is 5.43. The molecule has 2 rings (SSSR count). The molecular weight excluding hydrogens is 288 g/mol. The van der Waals surface area contributed by atoms with Crippen molar-refractivity contribution in [3.63, 3.8) is 0 Å². The van der Waals surface area contributed by atoms with Gasteiger partial charge in [0.25, 0.3) is 0 Å². The molecule has 0 aliphatic heterocycles. The van der Waals surface area contributed by atoms with Gasteiger partial charge in [-0.1, -0.05) is 46.3 Å². The minimum Gasteiger partial charge on any atom is -0.387 e. The van der Waals surface area contributed by atoms with E-state index in [0.29, 0.717) is 12.4 Å². The molecule has 0 spiro atoms. The Kier molecular flexibility index (Phi) is 3.31. The van der Waals surface area contributed by atoms with Gasteiger partial charge in [-0.3, -0.25) is 0 Å². The second kappa shape index (κ2) is 4.71. The van der Waals surface area contributed by atoms with Crippen LogP contribution in [0, 0.1) is 0 Å². The average Bonchev–Trinajstić information content (AvgIpc) is 2.70. The van der Waals surface area contributed by atoms with Gasteiger partial charge in [0.05, 0.1) is 6.54 Å². The fraction of sp³-hybridized carbons (Fsp3) is 0.100. The van der Waals surface area contributed by atoms with Crippen LogP contribution in [0.4, 0.5) is 0 Å². The average molecular weight is 297 g/mol. The van der Waals surface area contributed by atoms with E-state index in [9.17, 15) is 0 Å². The zero-order chi connectivity index (χ0) is 11.5. The van der Waals surface area contributed by atoms with Crippen molar-refractivity contribution in [2.75, 3.05) is 0 Å². The molecule has 0 saturated carbocycles. The molecule has 0 unspecified atom stereocenters. The molecule has 0 radical (unpaired) electrons. The maximum Gasteiger partial charge on any atom is 0.208 e. The maximum atomic E-state index is 5.43. The number of nitrogens with zero attached hydrogens (tertiary/aromatic N) is 3. The molecule has 6 heteroatoms. The van der Waals surface area contributed by atoms with Gasteiger partial charge in [0.2, 0.25) is 5.82 Å². The highest BCUT2D eigenvalue weighted by molar-refractivity contribution is 9.10. The van der Waals surface area contributed by atoms with Gasteiger partial charge in [0.1, 0.15) is 11.3 Å². The van der Waals surface area contributed by atoms with Gasteiger partial charge in [0, 0.05) is 4.47 Å². The number of hydrogen-bond donors (Lipinski definition) is 1. The van der Waals surface area contributed by atoms with E-state index in [1.165, 1.54) is 0 Å². The third-order valence-corrected chi connectivity index (χ3v) is 3.00. The van der Waals surface area contributed by atoms with Crippen molar-refractivity contribution in [2.45, 2.75) is 6.54 Å². The van der Waals surface area contributed by atoms with E-state index < -0.39 is 0 Å². The van der Waals surface area contributed by atoms with E-state index in [2.05, 4.69) is 26.0 Å². The first-order valence-electron chi connectivity index (χ1n) is 4.59. The zero-order valence-corrected chi connectivity index (χ0v) is 10.7. The summed E-state index contributed by atoms with van der Waals surface area (Å²) < 4.78 is 2.75. The van der Waals surface area contributed by atoms with Crippen LogP contribution in [0.25, 0.3) is 0 Å². The van der Waals surface area contributed by atoms with Gasteiger partial charge >= 0.3 is 0 Å². The number of thiocarbonyl (C=S) groups is 1. The minimum atomic E-state index is 0.214. The molecule has 0 aliphatic rings. The predicted molar refractivity (Wildman–Crippen MR) is 69.2 cm³/mol. The molecular formula is C10H9BrN4S. The van der Waals surface area contributed by atoms with Crippen LogP contribution in [-0.2, 0) is 6.54 Å². The monoisotopic (exact) mass is 296 g/mol. The first-order valence-corrected chi connectivity index (χ1v) is 5.79. The number of rotatable bonds is 3. The van der Waals surface area contributed by atoms with E-state index in [-0.39, 0.29) is 4.99 Å². The lowest BCUT2D eigenvalue weighted by atomic mass is 10.2. The van der Waals surface area contributed by atoms with Crippen molar-refractivity contribution in [1.82, 2.24) is 14.8 Å². The summed E-state index contributed by atoms with van der Waals surface area (Å²) in [4.78, 5) is 4.23. The second-order valence-corrected chi connectivity index (χ2v) is 4.52. The molecule has 1 aromatic carbocycles. The molecule has 1 heterocycles. The highest BCUT2D eigenvalue weighted by atomic mass is 79.9. The summed E-state index contributed by atoms with van der Waals surface area (Å²) in [6.07, 6.45) is 1.62. The van der Waals surface area contributed by atoms with Crippen molar-refractivity contribution >= 4 is 33.1 Å². The molecule has 16 heavy (non-hydrogen) atoms. The number of halogens is 1. The van der Waals surface area contributed by atoms with Gasteiger partial charge in [-0.15, -0.1) is 5.10 Å². The molecule has 0 bridgehead atoms. The summed E-state index contributed by atoms with van der Waals surface area (Å²) in [6, 6.07) is 7.95. The second-order valence-electron chi connectivity index (χ2n) is 3.22. The summed E-state index contributed by atoms with van der Waals surface area (Å²) in [5, 5.41) is 4.16. The fourth-order valence-corrected chi connectivity index (χ4v) is 1.79. The highest BCUT2D eigenvalue weighted by Gasteiger charge is 2.05. The summed E-state index contributed by atoms with van der Waals surface area (Å²) in [7, 11) is 0. The van der Waals surface area contributed by atoms with Crippen LogP contribution >= 0.6 is 28.1 Å². The molecule has 2 N–H and O–H groups in total. The first-order chi connectivity index (χ1) is 7.66. The van der Waals surface area contributed by atoms with Crippen molar-refractivity contribution in [1.29, 1.82) is 0 Å². The molecule has 0 fully saturated rings. The SMILES string of the molecule is NC(=S)c1ncn(Cc2ccccc2Br)n1. The summed E-state index contributed by atoms with van der Waals surface area (Å²) in [5.41, 5.74) is 6.56. The number of hydrogen-bond acceptors (Lipinski definition) is 3. The van der Waals surface area contributed by atoms with Crippen molar-refractivity contribution in [2.24, 2.45) is 5.73 Å².